The van der Waals surface area contributed by atoms with Crippen molar-refractivity contribution in [3.05, 3.63) is 88.3 Å². The maximum atomic E-state index is 14.0. The van der Waals surface area contributed by atoms with Crippen LogP contribution in [0.25, 0.3) is 11.1 Å². The van der Waals surface area contributed by atoms with Crippen molar-refractivity contribution in [1.29, 1.82) is 0 Å². The molecule has 0 unspecified atom stereocenters. The van der Waals surface area contributed by atoms with Crippen molar-refractivity contribution in [3.63, 3.8) is 0 Å². The number of pyridine rings is 1. The number of benzene rings is 2. The van der Waals surface area contributed by atoms with E-state index < -0.39 is 46.2 Å². The standard InChI is InChI=1S/C32H32F7N2O/c1-18-13-24(33)11-12-25(18)26-17-27(20-9-7-6-8-10-20)40-19(2)28(26)41(5)29(42)30(3,4)21-14-22(31(34,35)36)16-23(15-21)32(37,38)39/h6,11-17,20H,7-10H2,1-5H3. The number of aromatic nitrogens is 1. The summed E-state index contributed by atoms with van der Waals surface area (Å²) in [5.74, 6) is -1.01. The molecule has 42 heavy (non-hydrogen) atoms. The lowest BCUT2D eigenvalue weighted by atomic mass is 9.81. The number of nitrogens with zero attached hydrogens (tertiary/aromatic N) is 2. The van der Waals surface area contributed by atoms with Crippen molar-refractivity contribution < 1.29 is 35.5 Å². The van der Waals surface area contributed by atoms with Crippen LogP contribution >= 0.6 is 0 Å². The van der Waals surface area contributed by atoms with Gasteiger partial charge in [0.25, 0.3) is 0 Å². The number of likely N-dealkylation sites (N-methyl/N-ethyl adjacent to an activating group) is 1. The summed E-state index contributed by atoms with van der Waals surface area (Å²) in [5.41, 5.74) is -1.78. The molecule has 1 heterocycles. The molecule has 3 nitrogen and oxygen atoms in total. The molecule has 225 valence electrons. The predicted molar refractivity (Wildman–Crippen MR) is 147 cm³/mol. The molecule has 0 N–H and O–H groups in total. The summed E-state index contributed by atoms with van der Waals surface area (Å²) >= 11 is 0. The smallest absolute Gasteiger partial charge is 0.312 e. The Morgan fingerprint density at radius 2 is 1.38 bits per heavy atom. The van der Waals surface area contributed by atoms with Crippen LogP contribution in [-0.4, -0.2) is 17.9 Å². The van der Waals surface area contributed by atoms with Gasteiger partial charge < -0.3 is 4.90 Å². The van der Waals surface area contributed by atoms with Gasteiger partial charge in [0.05, 0.1) is 27.9 Å². The topological polar surface area (TPSA) is 33.2 Å². The van der Waals surface area contributed by atoms with Crippen molar-refractivity contribution in [2.75, 3.05) is 11.9 Å². The van der Waals surface area contributed by atoms with Gasteiger partial charge in [-0.05, 0) is 113 Å². The van der Waals surface area contributed by atoms with E-state index >= 15 is 0 Å². The Hall–Kier alpha value is -3.43. The quantitative estimate of drug-likeness (QED) is 0.276. The third-order valence-electron chi connectivity index (χ3n) is 8.01. The Balaban J connectivity index is 1.86. The van der Waals surface area contributed by atoms with E-state index in [1.165, 1.54) is 37.9 Å². The SMILES string of the molecule is Cc1cc(F)ccc1-c1cc(C2CC[CH]CC2)nc(C)c1N(C)C(=O)C(C)(C)c1cc(C(F)(F)F)cc(C(F)(F)F)c1. The van der Waals surface area contributed by atoms with Crippen LogP contribution in [0.4, 0.5) is 36.4 Å². The second-order valence-corrected chi connectivity index (χ2v) is 11.4. The Morgan fingerprint density at radius 3 is 1.90 bits per heavy atom. The number of rotatable bonds is 5. The number of halogens is 7. The van der Waals surface area contributed by atoms with E-state index in [4.69, 9.17) is 4.98 Å². The maximum absolute atomic E-state index is 14.0. The number of amides is 1. The minimum Gasteiger partial charge on any atom is -0.312 e. The van der Waals surface area contributed by atoms with E-state index in [2.05, 4.69) is 6.42 Å². The van der Waals surface area contributed by atoms with Crippen molar-refractivity contribution in [2.24, 2.45) is 0 Å². The second-order valence-electron chi connectivity index (χ2n) is 11.4. The molecule has 4 rings (SSSR count). The van der Waals surface area contributed by atoms with Crippen LogP contribution in [0.2, 0.25) is 0 Å². The van der Waals surface area contributed by atoms with Crippen molar-refractivity contribution in [1.82, 2.24) is 4.98 Å². The van der Waals surface area contributed by atoms with Gasteiger partial charge in [-0.15, -0.1) is 0 Å². The number of aryl methyl sites for hydroxylation is 2. The van der Waals surface area contributed by atoms with E-state index in [-0.39, 0.29) is 12.0 Å². The zero-order valence-electron chi connectivity index (χ0n) is 24.0. The van der Waals surface area contributed by atoms with Gasteiger partial charge in [-0.25, -0.2) is 4.39 Å². The van der Waals surface area contributed by atoms with Gasteiger partial charge >= 0.3 is 12.4 Å². The highest BCUT2D eigenvalue weighted by Gasteiger charge is 2.41. The van der Waals surface area contributed by atoms with Crippen molar-refractivity contribution in [2.45, 2.75) is 77.1 Å². The zero-order chi connectivity index (χ0) is 31.2. The zero-order valence-corrected chi connectivity index (χ0v) is 24.0. The molecule has 0 bridgehead atoms. The van der Waals surface area contributed by atoms with Crippen LogP contribution in [0.3, 0.4) is 0 Å². The number of carbonyl (C=O) groups is 1. The lowest BCUT2D eigenvalue weighted by Crippen LogP contribution is -2.42. The number of hydrogen-bond donors (Lipinski definition) is 0. The first kappa shape index (κ1) is 31.5. The lowest BCUT2D eigenvalue weighted by molar-refractivity contribution is -0.143. The van der Waals surface area contributed by atoms with Crippen LogP contribution in [0.5, 0.6) is 0 Å². The average Bonchev–Trinajstić information content (AvgIpc) is 2.91. The van der Waals surface area contributed by atoms with E-state index in [0.717, 1.165) is 31.4 Å². The average molecular weight is 594 g/mol. The molecule has 0 atom stereocenters. The van der Waals surface area contributed by atoms with Gasteiger partial charge in [0.2, 0.25) is 5.91 Å². The Labute approximate surface area is 240 Å². The van der Waals surface area contributed by atoms with Crippen LogP contribution in [0, 0.1) is 26.1 Å². The summed E-state index contributed by atoms with van der Waals surface area (Å²) in [7, 11) is 1.42. The first-order valence-electron chi connectivity index (χ1n) is 13.6. The van der Waals surface area contributed by atoms with Crippen LogP contribution in [0.1, 0.15) is 79.1 Å². The second kappa shape index (κ2) is 11.3. The number of carbonyl (C=O) groups excluding carboxylic acids is 1. The lowest BCUT2D eigenvalue weighted by Gasteiger charge is -2.33. The molecule has 1 aromatic heterocycles. The third kappa shape index (κ3) is 6.32. The molecule has 0 aliphatic heterocycles. The maximum Gasteiger partial charge on any atom is 0.416 e. The summed E-state index contributed by atoms with van der Waals surface area (Å²) < 4.78 is 95.6. The van der Waals surface area contributed by atoms with Crippen LogP contribution in [-0.2, 0) is 22.6 Å². The molecule has 1 amide bonds. The Bertz CT molecular complexity index is 1450. The fourth-order valence-corrected chi connectivity index (χ4v) is 5.64. The van der Waals surface area contributed by atoms with Gasteiger partial charge in [-0.2, -0.15) is 26.3 Å². The first-order valence-corrected chi connectivity index (χ1v) is 13.6. The number of alkyl halides is 6. The third-order valence-corrected chi connectivity index (χ3v) is 8.01. The highest BCUT2D eigenvalue weighted by molar-refractivity contribution is 6.04. The highest BCUT2D eigenvalue weighted by atomic mass is 19.4. The molecule has 1 aliphatic rings. The van der Waals surface area contributed by atoms with Crippen LogP contribution in [0.15, 0.2) is 42.5 Å². The van der Waals surface area contributed by atoms with Gasteiger partial charge in [0.15, 0.2) is 0 Å². The summed E-state index contributed by atoms with van der Waals surface area (Å²) in [6, 6.07) is 7.32. The van der Waals surface area contributed by atoms with E-state index in [1.54, 1.807) is 19.9 Å². The number of anilines is 1. The normalized spacial score (nSPS) is 15.1. The first-order chi connectivity index (χ1) is 19.4. The van der Waals surface area contributed by atoms with E-state index in [0.29, 0.717) is 40.2 Å². The summed E-state index contributed by atoms with van der Waals surface area (Å²) in [5, 5.41) is 0. The van der Waals surface area contributed by atoms with Crippen molar-refractivity contribution in [3.8, 4) is 11.1 Å². The molecule has 1 saturated carbocycles. The summed E-state index contributed by atoms with van der Waals surface area (Å²) in [6.07, 6.45) is -4.24. The van der Waals surface area contributed by atoms with E-state index in [1.807, 2.05) is 6.07 Å². The van der Waals surface area contributed by atoms with Crippen molar-refractivity contribution >= 4 is 11.6 Å². The monoisotopic (exact) mass is 593 g/mol. The molecular weight excluding hydrogens is 561 g/mol. The predicted octanol–water partition coefficient (Wildman–Crippen LogP) is 9.34. The summed E-state index contributed by atoms with van der Waals surface area (Å²) in [6.45, 7) is 6.01. The Kier molecular flexibility index (Phi) is 8.50. The molecule has 3 aromatic rings. The molecular formula is C32H32F7N2O. The van der Waals surface area contributed by atoms with Crippen LogP contribution < -0.4 is 4.90 Å². The van der Waals surface area contributed by atoms with Gasteiger partial charge in [-0.3, -0.25) is 9.78 Å². The van der Waals surface area contributed by atoms with Gasteiger partial charge in [-0.1, -0.05) is 6.07 Å². The molecule has 0 spiro atoms. The van der Waals surface area contributed by atoms with Gasteiger partial charge in [0, 0.05) is 24.2 Å². The number of hydrogen-bond acceptors (Lipinski definition) is 2. The Morgan fingerprint density at radius 1 is 0.833 bits per heavy atom. The molecule has 1 fully saturated rings. The minimum atomic E-state index is -5.05. The largest absolute Gasteiger partial charge is 0.416 e. The highest BCUT2D eigenvalue weighted by Crippen LogP contribution is 2.43. The fourth-order valence-electron chi connectivity index (χ4n) is 5.64. The summed E-state index contributed by atoms with van der Waals surface area (Å²) in [4.78, 5) is 20.1. The molecule has 0 saturated heterocycles. The fraction of sp³-hybridized carbons (Fsp3) is 0.406. The molecule has 2 aromatic carbocycles. The molecule has 10 heteroatoms. The van der Waals surface area contributed by atoms with Gasteiger partial charge in [0.1, 0.15) is 5.82 Å². The molecule has 1 radical (unpaired) electrons. The minimum absolute atomic E-state index is 0.0407. The van der Waals surface area contributed by atoms with E-state index in [9.17, 15) is 35.5 Å². The molecule has 1 aliphatic carbocycles.